The lowest BCUT2D eigenvalue weighted by molar-refractivity contribution is -0.150. The first-order valence-corrected chi connectivity index (χ1v) is 10.8. The van der Waals surface area contributed by atoms with Crippen molar-refractivity contribution in [1.82, 2.24) is 15.5 Å². The van der Waals surface area contributed by atoms with Crippen molar-refractivity contribution in [2.45, 2.75) is 32.7 Å². The summed E-state index contributed by atoms with van der Waals surface area (Å²) < 4.78 is 10.4. The lowest BCUT2D eigenvalue weighted by Crippen LogP contribution is -2.49. The molecule has 29 heavy (non-hydrogen) atoms. The summed E-state index contributed by atoms with van der Waals surface area (Å²) in [6.07, 6.45) is 1.64. The van der Waals surface area contributed by atoms with Crippen LogP contribution in [-0.4, -0.2) is 55.7 Å². The van der Waals surface area contributed by atoms with Gasteiger partial charge < -0.3 is 20.1 Å². The Morgan fingerprint density at radius 1 is 1.28 bits per heavy atom. The molecule has 0 aromatic carbocycles. The highest BCUT2D eigenvalue weighted by Gasteiger charge is 2.36. The Hall–Kier alpha value is -2.39. The van der Waals surface area contributed by atoms with Crippen LogP contribution in [-0.2, 0) is 19.1 Å². The van der Waals surface area contributed by atoms with Crippen LogP contribution in [0.15, 0.2) is 28.8 Å². The number of ether oxygens (including phenoxy) is 2. The minimum absolute atomic E-state index is 0.192. The number of thiophene rings is 1. The number of carbonyl (C=O) groups excluding carboxylic acids is 3. The molecule has 0 saturated carbocycles. The first-order chi connectivity index (χ1) is 14.0. The van der Waals surface area contributed by atoms with Crippen molar-refractivity contribution >= 4 is 29.3 Å². The van der Waals surface area contributed by atoms with Crippen molar-refractivity contribution in [1.29, 1.82) is 0 Å². The third-order valence-electron chi connectivity index (χ3n) is 4.98. The van der Waals surface area contributed by atoms with Crippen molar-refractivity contribution in [3.8, 4) is 0 Å². The topological polar surface area (TPSA) is 97.0 Å². The van der Waals surface area contributed by atoms with E-state index in [1.807, 2.05) is 17.5 Å². The number of rotatable bonds is 7. The highest BCUT2D eigenvalue weighted by Crippen LogP contribution is 2.31. The summed E-state index contributed by atoms with van der Waals surface area (Å²) in [7, 11) is 0. The fourth-order valence-corrected chi connectivity index (χ4v) is 4.52. The molecule has 2 N–H and O–H groups in total. The number of urea groups is 1. The van der Waals surface area contributed by atoms with E-state index in [0.29, 0.717) is 31.0 Å². The van der Waals surface area contributed by atoms with Gasteiger partial charge in [0.2, 0.25) is 0 Å². The summed E-state index contributed by atoms with van der Waals surface area (Å²) in [5.74, 6) is -0.837. The molecule has 1 aromatic heterocycles. The minimum atomic E-state index is -0.552. The molecule has 2 aliphatic heterocycles. The molecule has 1 saturated heterocycles. The van der Waals surface area contributed by atoms with Crippen molar-refractivity contribution in [3.05, 3.63) is 33.7 Å². The molecule has 3 rings (SSSR count). The van der Waals surface area contributed by atoms with Crippen LogP contribution in [0.5, 0.6) is 0 Å². The molecule has 1 fully saturated rings. The van der Waals surface area contributed by atoms with Crippen LogP contribution in [0.1, 0.15) is 37.6 Å². The summed E-state index contributed by atoms with van der Waals surface area (Å²) in [4.78, 5) is 40.2. The van der Waals surface area contributed by atoms with Crippen molar-refractivity contribution in [2.75, 3.05) is 32.8 Å². The molecule has 0 aliphatic carbocycles. The maximum absolute atomic E-state index is 12.8. The van der Waals surface area contributed by atoms with Gasteiger partial charge in [0, 0.05) is 23.7 Å². The summed E-state index contributed by atoms with van der Waals surface area (Å²) in [5, 5.41) is 7.52. The van der Waals surface area contributed by atoms with Gasteiger partial charge in [-0.1, -0.05) is 6.07 Å². The van der Waals surface area contributed by atoms with Gasteiger partial charge in [0.1, 0.15) is 0 Å². The molecule has 1 aromatic rings. The Balaban J connectivity index is 1.86. The standard InChI is InChI=1S/C20H27N3O5S/c1-3-27-18(24)13-7-5-9-23(11-13)12-14-16(19(25)28-4-2)17(22-20(26)21-14)15-8-6-10-29-15/h6,8,10,13,17H,3-5,7,9,11-12H2,1-2H3,(H2,21,22,26)/t13-,17-/m1/s1. The van der Waals surface area contributed by atoms with E-state index in [4.69, 9.17) is 9.47 Å². The normalized spacial score (nSPS) is 22.6. The predicted octanol–water partition coefficient (Wildman–Crippen LogP) is 2.19. The zero-order chi connectivity index (χ0) is 20.8. The van der Waals surface area contributed by atoms with Crippen LogP contribution in [0.2, 0.25) is 0 Å². The van der Waals surface area contributed by atoms with Gasteiger partial charge in [-0.05, 0) is 44.7 Å². The molecule has 158 valence electrons. The van der Waals surface area contributed by atoms with Crippen molar-refractivity contribution < 1.29 is 23.9 Å². The van der Waals surface area contributed by atoms with Crippen LogP contribution < -0.4 is 10.6 Å². The number of esters is 2. The molecule has 0 unspecified atom stereocenters. The quantitative estimate of drug-likeness (QED) is 0.655. The Morgan fingerprint density at radius 3 is 2.76 bits per heavy atom. The van der Waals surface area contributed by atoms with E-state index in [1.165, 1.54) is 11.3 Å². The summed E-state index contributed by atoms with van der Waals surface area (Å²) in [5.41, 5.74) is 0.933. The van der Waals surface area contributed by atoms with Gasteiger partial charge in [-0.2, -0.15) is 0 Å². The Labute approximate surface area is 174 Å². The second-order valence-electron chi connectivity index (χ2n) is 6.99. The van der Waals surface area contributed by atoms with Crippen LogP contribution in [0, 0.1) is 5.92 Å². The van der Waals surface area contributed by atoms with Crippen molar-refractivity contribution in [2.24, 2.45) is 5.92 Å². The van der Waals surface area contributed by atoms with E-state index in [9.17, 15) is 14.4 Å². The monoisotopic (exact) mass is 421 g/mol. The largest absolute Gasteiger partial charge is 0.466 e. The average molecular weight is 422 g/mol. The molecule has 2 amide bonds. The summed E-state index contributed by atoms with van der Waals surface area (Å²) in [6, 6.07) is 2.86. The maximum atomic E-state index is 12.8. The fraction of sp³-hybridized carbons (Fsp3) is 0.550. The number of carbonyl (C=O) groups is 3. The van der Waals surface area contributed by atoms with Crippen LogP contribution in [0.3, 0.4) is 0 Å². The average Bonchev–Trinajstić information content (AvgIpc) is 3.23. The van der Waals surface area contributed by atoms with E-state index in [-0.39, 0.29) is 24.5 Å². The van der Waals surface area contributed by atoms with Gasteiger partial charge in [0.25, 0.3) is 0 Å². The van der Waals surface area contributed by atoms with Gasteiger partial charge in [0.05, 0.1) is 30.7 Å². The van der Waals surface area contributed by atoms with Gasteiger partial charge in [-0.3, -0.25) is 9.69 Å². The Kier molecular flexibility index (Phi) is 7.27. The van der Waals surface area contributed by atoms with Gasteiger partial charge >= 0.3 is 18.0 Å². The molecule has 0 spiro atoms. The first kappa shape index (κ1) is 21.3. The smallest absolute Gasteiger partial charge is 0.338 e. The zero-order valence-corrected chi connectivity index (χ0v) is 17.5. The second-order valence-corrected chi connectivity index (χ2v) is 7.97. The van der Waals surface area contributed by atoms with Crippen LogP contribution in [0.25, 0.3) is 0 Å². The van der Waals surface area contributed by atoms with Gasteiger partial charge in [-0.25, -0.2) is 9.59 Å². The third-order valence-corrected chi connectivity index (χ3v) is 5.92. The minimum Gasteiger partial charge on any atom is -0.466 e. The Bertz CT molecular complexity index is 777. The molecular formula is C20H27N3O5S. The van der Waals surface area contributed by atoms with Crippen LogP contribution in [0.4, 0.5) is 4.79 Å². The highest BCUT2D eigenvalue weighted by molar-refractivity contribution is 7.10. The molecule has 8 nitrogen and oxygen atoms in total. The van der Waals surface area contributed by atoms with E-state index in [0.717, 1.165) is 24.3 Å². The van der Waals surface area contributed by atoms with Crippen molar-refractivity contribution in [3.63, 3.8) is 0 Å². The maximum Gasteiger partial charge on any atom is 0.338 e. The molecule has 2 aliphatic rings. The summed E-state index contributed by atoms with van der Waals surface area (Å²) >= 11 is 1.47. The number of hydrogen-bond acceptors (Lipinski definition) is 7. The van der Waals surface area contributed by atoms with E-state index < -0.39 is 12.0 Å². The predicted molar refractivity (Wildman–Crippen MR) is 108 cm³/mol. The number of hydrogen-bond donors (Lipinski definition) is 2. The van der Waals surface area contributed by atoms with Gasteiger partial charge in [-0.15, -0.1) is 11.3 Å². The lowest BCUT2D eigenvalue weighted by Gasteiger charge is -2.35. The van der Waals surface area contributed by atoms with E-state index in [2.05, 4.69) is 15.5 Å². The van der Waals surface area contributed by atoms with E-state index >= 15 is 0 Å². The zero-order valence-electron chi connectivity index (χ0n) is 16.7. The molecule has 2 atom stereocenters. The first-order valence-electron chi connectivity index (χ1n) is 9.93. The number of nitrogens with one attached hydrogen (secondary N) is 2. The molecule has 3 heterocycles. The highest BCUT2D eigenvalue weighted by atomic mass is 32.1. The number of nitrogens with zero attached hydrogens (tertiary/aromatic N) is 1. The molecule has 0 radical (unpaired) electrons. The van der Waals surface area contributed by atoms with Crippen LogP contribution >= 0.6 is 11.3 Å². The van der Waals surface area contributed by atoms with E-state index in [1.54, 1.807) is 13.8 Å². The third kappa shape index (κ3) is 5.16. The molecule has 0 bridgehead atoms. The molecule has 9 heteroatoms. The molecular weight excluding hydrogens is 394 g/mol. The van der Waals surface area contributed by atoms with Gasteiger partial charge in [0.15, 0.2) is 0 Å². The fourth-order valence-electron chi connectivity index (χ4n) is 3.74. The number of amides is 2. The summed E-state index contributed by atoms with van der Waals surface area (Å²) in [6.45, 7) is 5.83. The number of piperidine rings is 1. The lowest BCUT2D eigenvalue weighted by atomic mass is 9.96. The SMILES string of the molecule is CCOC(=O)C1=C(CN2CCC[C@@H](C(=O)OCC)C2)NC(=O)N[C@@H]1c1cccs1. The second kappa shape index (κ2) is 9.89. The Morgan fingerprint density at radius 2 is 2.07 bits per heavy atom. The number of likely N-dealkylation sites (tertiary alicyclic amines) is 1.